The van der Waals surface area contributed by atoms with Gasteiger partial charge in [-0.25, -0.2) is 0 Å². The van der Waals surface area contributed by atoms with Crippen LogP contribution in [0, 0.1) is 5.92 Å². The molecule has 0 saturated heterocycles. The van der Waals surface area contributed by atoms with Gasteiger partial charge in [-0.1, -0.05) is 11.6 Å². The van der Waals surface area contributed by atoms with Crippen LogP contribution >= 0.6 is 11.6 Å². The third-order valence-corrected chi connectivity index (χ3v) is 3.58. The lowest BCUT2D eigenvalue weighted by molar-refractivity contribution is -0.138. The second-order valence-corrected chi connectivity index (χ2v) is 5.01. The van der Waals surface area contributed by atoms with Crippen molar-refractivity contribution in [3.05, 3.63) is 28.3 Å². The summed E-state index contributed by atoms with van der Waals surface area (Å²) in [5.74, 6) is 0.0297. The Bertz CT molecular complexity index is 459. The first kappa shape index (κ1) is 13.5. The molecule has 0 amide bonds. The van der Waals surface area contributed by atoms with Crippen molar-refractivity contribution >= 4 is 17.3 Å². The second-order valence-electron chi connectivity index (χ2n) is 4.61. The van der Waals surface area contributed by atoms with Gasteiger partial charge in [-0.3, -0.25) is 0 Å². The monoisotopic (exact) mass is 278 g/mol. The summed E-state index contributed by atoms with van der Waals surface area (Å²) in [5.41, 5.74) is 5.72. The topological polar surface area (TPSA) is 29.3 Å². The fourth-order valence-electron chi connectivity index (χ4n) is 2.48. The molecule has 0 spiro atoms. The van der Waals surface area contributed by atoms with Crippen LogP contribution in [0.2, 0.25) is 5.02 Å². The van der Waals surface area contributed by atoms with E-state index in [1.165, 1.54) is 6.07 Å². The Balaban J connectivity index is 2.58. The van der Waals surface area contributed by atoms with E-state index >= 15 is 0 Å². The van der Waals surface area contributed by atoms with E-state index in [2.05, 4.69) is 0 Å². The average Bonchev–Trinajstić information content (AvgIpc) is 2.26. The number of halogens is 4. The largest absolute Gasteiger partial charge is 0.416 e. The van der Waals surface area contributed by atoms with Crippen molar-refractivity contribution in [2.75, 3.05) is 25.0 Å². The minimum absolute atomic E-state index is 0.0297. The number of nitrogens with two attached hydrogens (primary N) is 1. The van der Waals surface area contributed by atoms with E-state index in [4.69, 9.17) is 17.3 Å². The number of nitrogens with zero attached hydrogens (tertiary/aromatic N) is 1. The van der Waals surface area contributed by atoms with Crippen molar-refractivity contribution in [2.24, 2.45) is 11.7 Å². The van der Waals surface area contributed by atoms with Gasteiger partial charge >= 0.3 is 6.18 Å². The lowest BCUT2D eigenvalue weighted by Gasteiger charge is -2.35. The predicted molar refractivity (Wildman–Crippen MR) is 66.0 cm³/mol. The molecular formula is C12H14ClF3N2. The summed E-state index contributed by atoms with van der Waals surface area (Å²) in [4.78, 5) is 1.76. The Kier molecular flexibility index (Phi) is 3.47. The number of benzene rings is 1. The van der Waals surface area contributed by atoms with Gasteiger partial charge < -0.3 is 10.6 Å². The van der Waals surface area contributed by atoms with E-state index in [-0.39, 0.29) is 11.5 Å². The number of rotatable bonds is 1. The van der Waals surface area contributed by atoms with Crippen molar-refractivity contribution in [2.45, 2.75) is 12.6 Å². The van der Waals surface area contributed by atoms with Crippen molar-refractivity contribution in [1.82, 2.24) is 0 Å². The van der Waals surface area contributed by atoms with E-state index in [1.54, 1.807) is 11.9 Å². The maximum Gasteiger partial charge on any atom is 0.416 e. The molecule has 0 aliphatic carbocycles. The van der Waals surface area contributed by atoms with Crippen LogP contribution in [0.5, 0.6) is 0 Å². The number of hydrogen-bond donors (Lipinski definition) is 1. The quantitative estimate of drug-likeness (QED) is 0.856. The Labute approximate surface area is 109 Å². The third kappa shape index (κ3) is 2.29. The molecule has 0 saturated carbocycles. The standard InChI is InChI=1S/C12H14ClF3N2/c1-18-6-7(5-17)4-8-9(12(14,15)16)2-3-10(13)11(8)18/h2-3,7H,4-6,17H2,1H3. The molecule has 0 bridgehead atoms. The molecule has 2 N–H and O–H groups in total. The van der Waals surface area contributed by atoms with Gasteiger partial charge in [0.1, 0.15) is 0 Å². The van der Waals surface area contributed by atoms with Gasteiger partial charge in [-0.05, 0) is 36.6 Å². The van der Waals surface area contributed by atoms with Gasteiger partial charge in [0, 0.05) is 13.6 Å². The summed E-state index contributed by atoms with van der Waals surface area (Å²) in [5, 5.41) is 0.357. The highest BCUT2D eigenvalue weighted by atomic mass is 35.5. The first-order valence-corrected chi connectivity index (χ1v) is 6.02. The summed E-state index contributed by atoms with van der Waals surface area (Å²) >= 11 is 6.01. The molecule has 1 unspecified atom stereocenters. The fraction of sp³-hybridized carbons (Fsp3) is 0.500. The zero-order valence-electron chi connectivity index (χ0n) is 9.89. The number of fused-ring (bicyclic) bond motifs is 1. The molecule has 1 aromatic carbocycles. The highest BCUT2D eigenvalue weighted by Gasteiger charge is 2.37. The number of anilines is 1. The summed E-state index contributed by atoms with van der Waals surface area (Å²) in [6.45, 7) is 0.998. The molecule has 100 valence electrons. The highest BCUT2D eigenvalue weighted by Crippen LogP contribution is 2.42. The van der Waals surface area contributed by atoms with Gasteiger partial charge in [0.2, 0.25) is 0 Å². The molecule has 1 aliphatic heterocycles. The van der Waals surface area contributed by atoms with Gasteiger partial charge in [0.25, 0.3) is 0 Å². The van der Waals surface area contributed by atoms with E-state index in [0.29, 0.717) is 30.2 Å². The Morgan fingerprint density at radius 1 is 1.44 bits per heavy atom. The zero-order valence-corrected chi connectivity index (χ0v) is 10.6. The van der Waals surface area contributed by atoms with Crippen LogP contribution in [0.3, 0.4) is 0 Å². The van der Waals surface area contributed by atoms with E-state index in [9.17, 15) is 13.2 Å². The summed E-state index contributed by atoms with van der Waals surface area (Å²) in [6, 6.07) is 2.36. The maximum absolute atomic E-state index is 13.0. The van der Waals surface area contributed by atoms with Gasteiger partial charge in [-0.2, -0.15) is 13.2 Å². The third-order valence-electron chi connectivity index (χ3n) is 3.28. The van der Waals surface area contributed by atoms with Gasteiger partial charge in [0.05, 0.1) is 16.3 Å². The van der Waals surface area contributed by atoms with Crippen molar-refractivity contribution in [1.29, 1.82) is 0 Å². The van der Waals surface area contributed by atoms with Crippen LogP contribution in [-0.2, 0) is 12.6 Å². The van der Waals surface area contributed by atoms with Crippen molar-refractivity contribution in [3.8, 4) is 0 Å². The van der Waals surface area contributed by atoms with Crippen molar-refractivity contribution in [3.63, 3.8) is 0 Å². The molecule has 1 aliphatic rings. The Morgan fingerprint density at radius 3 is 2.67 bits per heavy atom. The zero-order chi connectivity index (χ0) is 13.5. The molecule has 6 heteroatoms. The van der Waals surface area contributed by atoms with E-state index in [0.717, 1.165) is 6.07 Å². The normalized spacial score (nSPS) is 19.9. The summed E-state index contributed by atoms with van der Waals surface area (Å²) in [6.07, 6.45) is -4.03. The maximum atomic E-state index is 13.0. The number of alkyl halides is 3. The van der Waals surface area contributed by atoms with Crippen LogP contribution < -0.4 is 10.6 Å². The first-order chi connectivity index (χ1) is 8.34. The molecule has 1 aromatic rings. The van der Waals surface area contributed by atoms with Crippen LogP contribution in [0.1, 0.15) is 11.1 Å². The lowest BCUT2D eigenvalue weighted by Crippen LogP contribution is -2.37. The fourth-order valence-corrected chi connectivity index (χ4v) is 2.80. The van der Waals surface area contributed by atoms with Crippen LogP contribution in [-0.4, -0.2) is 20.1 Å². The summed E-state index contributed by atoms with van der Waals surface area (Å²) < 4.78 is 38.9. The van der Waals surface area contributed by atoms with E-state index < -0.39 is 11.7 Å². The molecular weight excluding hydrogens is 265 g/mol. The molecule has 2 nitrogen and oxygen atoms in total. The summed E-state index contributed by atoms with van der Waals surface area (Å²) in [7, 11) is 1.74. The van der Waals surface area contributed by atoms with Gasteiger partial charge in [-0.15, -0.1) is 0 Å². The SMILES string of the molecule is CN1CC(CN)Cc2c(C(F)(F)F)ccc(Cl)c21. The smallest absolute Gasteiger partial charge is 0.373 e. The number of hydrogen-bond acceptors (Lipinski definition) is 2. The first-order valence-electron chi connectivity index (χ1n) is 5.64. The molecule has 0 aromatic heterocycles. The minimum atomic E-state index is -4.36. The highest BCUT2D eigenvalue weighted by molar-refractivity contribution is 6.33. The van der Waals surface area contributed by atoms with Crippen molar-refractivity contribution < 1.29 is 13.2 Å². The minimum Gasteiger partial charge on any atom is -0.373 e. The predicted octanol–water partition coefficient (Wildman–Crippen LogP) is 2.93. The molecule has 0 fully saturated rings. The average molecular weight is 279 g/mol. The Morgan fingerprint density at radius 2 is 2.11 bits per heavy atom. The lowest BCUT2D eigenvalue weighted by atomic mass is 9.89. The van der Waals surface area contributed by atoms with Crippen LogP contribution in [0.15, 0.2) is 12.1 Å². The Hall–Kier alpha value is -0.940. The van der Waals surface area contributed by atoms with Gasteiger partial charge in [0.15, 0.2) is 0 Å². The second kappa shape index (κ2) is 4.63. The molecule has 1 atom stereocenters. The molecule has 1 heterocycles. The molecule has 0 radical (unpaired) electrons. The van der Waals surface area contributed by atoms with Crippen LogP contribution in [0.25, 0.3) is 0 Å². The molecule has 2 rings (SSSR count). The van der Waals surface area contributed by atoms with E-state index in [1.807, 2.05) is 0 Å². The molecule has 18 heavy (non-hydrogen) atoms. The van der Waals surface area contributed by atoms with Crippen LogP contribution in [0.4, 0.5) is 18.9 Å².